The predicted molar refractivity (Wildman–Crippen MR) is 64.6 cm³/mol. The van der Waals surface area contributed by atoms with Crippen molar-refractivity contribution < 1.29 is 9.53 Å². The molecule has 0 aliphatic carbocycles. The van der Waals surface area contributed by atoms with Crippen LogP contribution in [0.5, 0.6) is 0 Å². The monoisotopic (exact) mass is 315 g/mol. The Morgan fingerprint density at radius 1 is 1.60 bits per heavy atom. The van der Waals surface area contributed by atoms with Crippen molar-refractivity contribution in [2.75, 3.05) is 7.11 Å². The molecule has 0 radical (unpaired) electrons. The number of carbonyl (C=O) groups excluding carboxylic acids is 1. The molecule has 0 fully saturated rings. The van der Waals surface area contributed by atoms with Gasteiger partial charge in [0.05, 0.1) is 18.2 Å². The first-order valence-corrected chi connectivity index (χ1v) is 5.52. The van der Waals surface area contributed by atoms with Crippen molar-refractivity contribution in [2.45, 2.75) is 13.3 Å². The van der Waals surface area contributed by atoms with Gasteiger partial charge in [-0.2, -0.15) is 5.26 Å². The van der Waals surface area contributed by atoms with Crippen LogP contribution in [0.2, 0.25) is 0 Å². The molecule has 15 heavy (non-hydrogen) atoms. The van der Waals surface area contributed by atoms with Crippen molar-refractivity contribution >= 4 is 28.6 Å². The van der Waals surface area contributed by atoms with Crippen LogP contribution in [0.15, 0.2) is 12.1 Å². The number of ether oxygens (including phenoxy) is 1. The Morgan fingerprint density at radius 3 is 2.73 bits per heavy atom. The molecule has 1 aromatic rings. The quantitative estimate of drug-likeness (QED) is 0.622. The number of nitriles is 1. The zero-order chi connectivity index (χ0) is 11.4. The number of aryl methyl sites for hydroxylation is 1. The molecule has 0 unspecified atom stereocenters. The van der Waals surface area contributed by atoms with Gasteiger partial charge in [-0.05, 0) is 46.7 Å². The molecular formula is C11H10INO2. The van der Waals surface area contributed by atoms with Gasteiger partial charge in [0, 0.05) is 3.57 Å². The lowest BCUT2D eigenvalue weighted by molar-refractivity contribution is 0.0600. The molecule has 0 saturated heterocycles. The van der Waals surface area contributed by atoms with Crippen LogP contribution >= 0.6 is 22.6 Å². The number of esters is 1. The summed E-state index contributed by atoms with van der Waals surface area (Å²) in [7, 11) is 1.31. The molecular weight excluding hydrogens is 305 g/mol. The zero-order valence-electron chi connectivity index (χ0n) is 8.50. The number of hydrogen-bond acceptors (Lipinski definition) is 3. The molecule has 0 N–H and O–H groups in total. The fraction of sp³-hybridized carbons (Fsp3) is 0.273. The number of rotatable bonds is 2. The van der Waals surface area contributed by atoms with Gasteiger partial charge in [0.2, 0.25) is 0 Å². The number of halogens is 1. The Kier molecular flexibility index (Phi) is 4.09. The Labute approximate surface area is 102 Å². The first-order chi connectivity index (χ1) is 7.13. The molecule has 0 saturated carbocycles. The number of methoxy groups -OCH3 is 1. The molecule has 0 amide bonds. The van der Waals surface area contributed by atoms with Gasteiger partial charge >= 0.3 is 5.97 Å². The van der Waals surface area contributed by atoms with Crippen molar-refractivity contribution in [3.05, 3.63) is 32.4 Å². The van der Waals surface area contributed by atoms with Crippen LogP contribution in [0.25, 0.3) is 0 Å². The van der Waals surface area contributed by atoms with E-state index < -0.39 is 5.97 Å². The van der Waals surface area contributed by atoms with E-state index in [1.165, 1.54) is 7.11 Å². The first-order valence-electron chi connectivity index (χ1n) is 4.44. The van der Waals surface area contributed by atoms with E-state index in [9.17, 15) is 4.79 Å². The van der Waals surface area contributed by atoms with E-state index >= 15 is 0 Å². The molecule has 0 aromatic heterocycles. The molecule has 0 bridgehead atoms. The molecule has 3 nitrogen and oxygen atoms in total. The van der Waals surface area contributed by atoms with E-state index in [4.69, 9.17) is 5.26 Å². The molecule has 4 heteroatoms. The van der Waals surface area contributed by atoms with Gasteiger partial charge in [0.25, 0.3) is 0 Å². The molecule has 1 rings (SSSR count). The highest BCUT2D eigenvalue weighted by atomic mass is 127. The minimum atomic E-state index is -0.461. The zero-order valence-corrected chi connectivity index (χ0v) is 10.7. The predicted octanol–water partition coefficient (Wildman–Crippen LogP) is 2.51. The van der Waals surface area contributed by atoms with Gasteiger partial charge in [-0.1, -0.05) is 6.92 Å². The summed E-state index contributed by atoms with van der Waals surface area (Å²) in [4.78, 5) is 11.4. The van der Waals surface area contributed by atoms with Gasteiger partial charge in [-0.3, -0.25) is 0 Å². The van der Waals surface area contributed by atoms with Crippen LogP contribution in [0.3, 0.4) is 0 Å². The van der Waals surface area contributed by atoms with Crippen LogP contribution in [-0.2, 0) is 11.2 Å². The maximum absolute atomic E-state index is 11.4. The first kappa shape index (κ1) is 12.0. The summed E-state index contributed by atoms with van der Waals surface area (Å²) in [6.45, 7) is 2.00. The molecule has 0 atom stereocenters. The van der Waals surface area contributed by atoms with Crippen LogP contribution in [0.4, 0.5) is 0 Å². The summed E-state index contributed by atoms with van der Waals surface area (Å²) in [6.07, 6.45) is 0.827. The van der Waals surface area contributed by atoms with Gasteiger partial charge in [-0.15, -0.1) is 0 Å². The van der Waals surface area contributed by atoms with E-state index in [1.807, 2.05) is 13.0 Å². The van der Waals surface area contributed by atoms with Crippen molar-refractivity contribution in [3.63, 3.8) is 0 Å². The van der Waals surface area contributed by atoms with Gasteiger partial charge in [0.15, 0.2) is 0 Å². The molecule has 0 spiro atoms. The van der Waals surface area contributed by atoms with Crippen LogP contribution in [-0.4, -0.2) is 13.1 Å². The van der Waals surface area contributed by atoms with Crippen molar-refractivity contribution in [2.24, 2.45) is 0 Å². The molecule has 0 heterocycles. The SMILES string of the molecule is CCc1cc(C(=O)OC)c(C#N)cc1I. The smallest absolute Gasteiger partial charge is 0.339 e. The fourth-order valence-corrected chi connectivity index (χ4v) is 2.11. The van der Waals surface area contributed by atoms with E-state index in [1.54, 1.807) is 12.1 Å². The lowest BCUT2D eigenvalue weighted by atomic mass is 10.0. The second-order valence-corrected chi connectivity index (χ2v) is 4.11. The topological polar surface area (TPSA) is 50.1 Å². The number of nitrogens with zero attached hydrogens (tertiary/aromatic N) is 1. The third-order valence-corrected chi connectivity index (χ3v) is 3.10. The standard InChI is InChI=1S/C11H10INO2/c1-3-7-4-9(11(14)15-2)8(6-13)5-10(7)12/h4-5H,3H2,1-2H3. The fourth-order valence-electron chi connectivity index (χ4n) is 1.26. The minimum Gasteiger partial charge on any atom is -0.465 e. The summed E-state index contributed by atoms with van der Waals surface area (Å²) in [5.74, 6) is -0.461. The minimum absolute atomic E-state index is 0.345. The average molecular weight is 315 g/mol. The number of carbonyl (C=O) groups is 1. The summed E-state index contributed by atoms with van der Waals surface area (Å²) < 4.78 is 5.62. The van der Waals surface area contributed by atoms with E-state index in [2.05, 4.69) is 27.3 Å². The summed E-state index contributed by atoms with van der Waals surface area (Å²) >= 11 is 2.16. The molecule has 1 aromatic carbocycles. The van der Waals surface area contributed by atoms with E-state index in [0.29, 0.717) is 11.1 Å². The third kappa shape index (κ3) is 2.48. The molecule has 0 aliphatic rings. The van der Waals surface area contributed by atoms with Crippen LogP contribution < -0.4 is 0 Å². The summed E-state index contributed by atoms with van der Waals surface area (Å²) in [5.41, 5.74) is 1.76. The largest absolute Gasteiger partial charge is 0.465 e. The Bertz CT molecular complexity index is 435. The third-order valence-electron chi connectivity index (χ3n) is 2.09. The summed E-state index contributed by atoms with van der Waals surface area (Å²) in [5, 5.41) is 8.89. The Balaban J connectivity index is 3.37. The van der Waals surface area contributed by atoms with E-state index in [-0.39, 0.29) is 0 Å². The highest BCUT2D eigenvalue weighted by Gasteiger charge is 2.14. The lowest BCUT2D eigenvalue weighted by Gasteiger charge is -2.06. The number of benzene rings is 1. The van der Waals surface area contributed by atoms with E-state index in [0.717, 1.165) is 15.6 Å². The molecule has 0 aliphatic heterocycles. The van der Waals surface area contributed by atoms with Crippen molar-refractivity contribution in [3.8, 4) is 6.07 Å². The Hall–Kier alpha value is -1.09. The highest BCUT2D eigenvalue weighted by molar-refractivity contribution is 14.1. The normalized spacial score (nSPS) is 9.47. The van der Waals surface area contributed by atoms with Gasteiger partial charge in [0.1, 0.15) is 6.07 Å². The average Bonchev–Trinajstić information content (AvgIpc) is 2.27. The van der Waals surface area contributed by atoms with Crippen molar-refractivity contribution in [1.29, 1.82) is 5.26 Å². The lowest BCUT2D eigenvalue weighted by Crippen LogP contribution is -2.06. The maximum Gasteiger partial charge on any atom is 0.339 e. The second kappa shape index (κ2) is 5.12. The maximum atomic E-state index is 11.4. The Morgan fingerprint density at radius 2 is 2.27 bits per heavy atom. The van der Waals surface area contributed by atoms with Crippen molar-refractivity contribution in [1.82, 2.24) is 0 Å². The van der Waals surface area contributed by atoms with Crippen LogP contribution in [0, 0.1) is 14.9 Å². The number of hydrogen-bond donors (Lipinski definition) is 0. The second-order valence-electron chi connectivity index (χ2n) is 2.95. The van der Waals surface area contributed by atoms with Crippen LogP contribution in [0.1, 0.15) is 28.4 Å². The summed E-state index contributed by atoms with van der Waals surface area (Å²) in [6, 6.07) is 5.44. The van der Waals surface area contributed by atoms with Gasteiger partial charge in [-0.25, -0.2) is 4.79 Å². The molecule has 78 valence electrons. The van der Waals surface area contributed by atoms with Gasteiger partial charge < -0.3 is 4.74 Å². The highest BCUT2D eigenvalue weighted by Crippen LogP contribution is 2.19.